The van der Waals surface area contributed by atoms with Crippen LogP contribution >= 0.6 is 11.6 Å². The molecule has 2 amide bonds. The van der Waals surface area contributed by atoms with Gasteiger partial charge in [-0.2, -0.15) is 4.31 Å². The molecule has 2 heterocycles. The average Bonchev–Trinajstić information content (AvgIpc) is 3.19. The van der Waals surface area contributed by atoms with Gasteiger partial charge in [-0.15, -0.1) is 0 Å². The zero-order chi connectivity index (χ0) is 25.9. The van der Waals surface area contributed by atoms with Crippen molar-refractivity contribution >= 4 is 33.4 Å². The van der Waals surface area contributed by atoms with Crippen molar-refractivity contribution in [2.45, 2.75) is 49.2 Å². The number of hydrogen-bond donors (Lipinski definition) is 1. The summed E-state index contributed by atoms with van der Waals surface area (Å²) in [5.74, 6) is -0.351. The van der Waals surface area contributed by atoms with Crippen LogP contribution in [0.2, 0.25) is 5.02 Å². The van der Waals surface area contributed by atoms with Crippen molar-refractivity contribution in [3.63, 3.8) is 0 Å². The monoisotopic (exact) mass is 532 g/mol. The van der Waals surface area contributed by atoms with E-state index < -0.39 is 16.1 Å². The van der Waals surface area contributed by atoms with Gasteiger partial charge in [-0.3, -0.25) is 9.59 Å². The van der Waals surface area contributed by atoms with Crippen LogP contribution < -0.4 is 5.32 Å². The van der Waals surface area contributed by atoms with Gasteiger partial charge in [0.05, 0.1) is 4.90 Å². The molecular formula is C26H33ClN4O4S. The van der Waals surface area contributed by atoms with Gasteiger partial charge in [0.15, 0.2) is 0 Å². The molecule has 0 saturated carbocycles. The number of likely N-dealkylation sites (tertiary alicyclic amines) is 1. The van der Waals surface area contributed by atoms with Crippen LogP contribution in [0.1, 0.15) is 41.6 Å². The first kappa shape index (κ1) is 26.6. The summed E-state index contributed by atoms with van der Waals surface area (Å²) in [6.45, 7) is 2.36. The van der Waals surface area contributed by atoms with Gasteiger partial charge in [0.1, 0.15) is 6.04 Å². The van der Waals surface area contributed by atoms with Crippen molar-refractivity contribution in [3.05, 3.63) is 64.7 Å². The number of amides is 2. The summed E-state index contributed by atoms with van der Waals surface area (Å²) in [5.41, 5.74) is 1.25. The van der Waals surface area contributed by atoms with Crippen molar-refractivity contribution in [2.75, 3.05) is 33.7 Å². The Morgan fingerprint density at radius 1 is 1.08 bits per heavy atom. The normalized spacial score (nSPS) is 21.3. The molecule has 0 radical (unpaired) electrons. The molecule has 194 valence electrons. The van der Waals surface area contributed by atoms with Crippen LogP contribution in [0.15, 0.2) is 53.4 Å². The minimum absolute atomic E-state index is 0.0147. The van der Waals surface area contributed by atoms with Gasteiger partial charge in [-0.25, -0.2) is 8.42 Å². The Kier molecular flexibility index (Phi) is 8.34. The van der Waals surface area contributed by atoms with E-state index in [-0.39, 0.29) is 29.3 Å². The second-order valence-corrected chi connectivity index (χ2v) is 12.0. The van der Waals surface area contributed by atoms with Gasteiger partial charge < -0.3 is 15.1 Å². The third kappa shape index (κ3) is 5.91. The molecule has 1 unspecified atom stereocenters. The predicted octanol–water partition coefficient (Wildman–Crippen LogP) is 2.98. The fourth-order valence-corrected chi connectivity index (χ4v) is 6.56. The summed E-state index contributed by atoms with van der Waals surface area (Å²) >= 11 is 5.97. The number of sulfonamides is 1. The summed E-state index contributed by atoms with van der Waals surface area (Å²) in [5, 5.41) is 3.27. The molecule has 0 aliphatic carbocycles. The summed E-state index contributed by atoms with van der Waals surface area (Å²) in [6, 6.07) is 12.3. The SMILES string of the molecule is CN1CCC(N(C)C(=O)c2ccc(CN([C@@H]3CCCCNC3=O)S(=O)(=O)c3ccc(Cl)cc3)cc2)C1. The molecule has 2 aliphatic rings. The zero-order valence-electron chi connectivity index (χ0n) is 20.7. The first-order valence-electron chi connectivity index (χ1n) is 12.3. The Bertz CT molecular complexity index is 1190. The third-order valence-corrected chi connectivity index (χ3v) is 9.17. The van der Waals surface area contributed by atoms with E-state index in [0.717, 1.165) is 32.4 Å². The molecule has 8 nitrogen and oxygen atoms in total. The fourth-order valence-electron chi connectivity index (χ4n) is 4.83. The number of likely N-dealkylation sites (N-methyl/N-ethyl adjacent to an activating group) is 2. The van der Waals surface area contributed by atoms with Crippen molar-refractivity contribution < 1.29 is 18.0 Å². The van der Waals surface area contributed by atoms with Crippen molar-refractivity contribution in [1.82, 2.24) is 19.4 Å². The maximum Gasteiger partial charge on any atom is 0.253 e. The number of nitrogens with one attached hydrogen (secondary N) is 1. The molecule has 0 spiro atoms. The first-order chi connectivity index (χ1) is 17.2. The predicted molar refractivity (Wildman–Crippen MR) is 139 cm³/mol. The molecule has 2 atom stereocenters. The quantitative estimate of drug-likeness (QED) is 0.592. The smallest absolute Gasteiger partial charge is 0.253 e. The number of benzene rings is 2. The van der Waals surface area contributed by atoms with Gasteiger partial charge in [0.2, 0.25) is 15.9 Å². The van der Waals surface area contributed by atoms with E-state index in [1.54, 1.807) is 29.2 Å². The molecule has 2 aromatic rings. The highest BCUT2D eigenvalue weighted by Gasteiger charge is 2.36. The Morgan fingerprint density at radius 3 is 2.42 bits per heavy atom. The van der Waals surface area contributed by atoms with Crippen LogP contribution in [-0.2, 0) is 21.4 Å². The largest absolute Gasteiger partial charge is 0.355 e. The molecule has 2 aromatic carbocycles. The standard InChI is InChI=1S/C26H33ClN4O4S/c1-29-16-14-22(18-29)30(2)26(33)20-8-6-19(7-9-20)17-31(24-5-3-4-15-28-25(24)32)36(34,35)23-12-10-21(27)11-13-23/h6-13,22,24H,3-5,14-18H2,1-2H3,(H,28,32)/t22?,24-/m1/s1. The van der Waals surface area contributed by atoms with Gasteiger partial charge in [-0.1, -0.05) is 23.7 Å². The van der Waals surface area contributed by atoms with Crippen molar-refractivity contribution in [1.29, 1.82) is 0 Å². The lowest BCUT2D eigenvalue weighted by Gasteiger charge is -2.29. The number of rotatable bonds is 7. The van der Waals surface area contributed by atoms with E-state index in [1.807, 2.05) is 14.1 Å². The molecule has 2 fully saturated rings. The van der Waals surface area contributed by atoms with Crippen LogP contribution in [0.5, 0.6) is 0 Å². The number of carbonyl (C=O) groups excluding carboxylic acids is 2. The molecule has 4 rings (SSSR count). The van der Waals surface area contributed by atoms with Crippen LogP contribution in [-0.4, -0.2) is 80.2 Å². The molecular weight excluding hydrogens is 500 g/mol. The Hall–Kier alpha value is -2.46. The Balaban J connectivity index is 1.58. The molecule has 1 N–H and O–H groups in total. The van der Waals surface area contributed by atoms with Crippen molar-refractivity contribution in [3.8, 4) is 0 Å². The molecule has 36 heavy (non-hydrogen) atoms. The topological polar surface area (TPSA) is 90.0 Å². The number of carbonyl (C=O) groups is 2. The first-order valence-corrected chi connectivity index (χ1v) is 14.1. The maximum atomic E-state index is 13.7. The van der Waals surface area contributed by atoms with Crippen LogP contribution in [0.3, 0.4) is 0 Å². The van der Waals surface area contributed by atoms with E-state index in [1.165, 1.54) is 28.6 Å². The van der Waals surface area contributed by atoms with Crippen LogP contribution in [0, 0.1) is 0 Å². The second kappa shape index (κ2) is 11.3. The number of nitrogens with zero attached hydrogens (tertiary/aromatic N) is 3. The third-order valence-electron chi connectivity index (χ3n) is 7.05. The van der Waals surface area contributed by atoms with Crippen LogP contribution in [0.25, 0.3) is 0 Å². The lowest BCUT2D eigenvalue weighted by Crippen LogP contribution is -2.48. The van der Waals surface area contributed by atoms with Gasteiger partial charge >= 0.3 is 0 Å². The van der Waals surface area contributed by atoms with Crippen LogP contribution in [0.4, 0.5) is 0 Å². The summed E-state index contributed by atoms with van der Waals surface area (Å²) < 4.78 is 28.6. The van der Waals surface area contributed by atoms with E-state index in [4.69, 9.17) is 11.6 Å². The number of hydrogen-bond acceptors (Lipinski definition) is 5. The van der Waals surface area contributed by atoms with Gasteiger partial charge in [0.25, 0.3) is 5.91 Å². The lowest BCUT2D eigenvalue weighted by molar-refractivity contribution is -0.124. The second-order valence-electron chi connectivity index (χ2n) is 9.62. The summed E-state index contributed by atoms with van der Waals surface area (Å²) in [7, 11) is -0.115. The molecule has 2 aliphatic heterocycles. The minimum atomic E-state index is -3.99. The van der Waals surface area contributed by atoms with E-state index in [0.29, 0.717) is 29.1 Å². The maximum absolute atomic E-state index is 13.7. The fraction of sp³-hybridized carbons (Fsp3) is 0.462. The Morgan fingerprint density at radius 2 is 1.78 bits per heavy atom. The summed E-state index contributed by atoms with van der Waals surface area (Å²) in [6.07, 6.45) is 2.93. The molecule has 2 saturated heterocycles. The highest BCUT2D eigenvalue weighted by Crippen LogP contribution is 2.26. The molecule has 10 heteroatoms. The Labute approximate surface area is 218 Å². The summed E-state index contributed by atoms with van der Waals surface area (Å²) in [4.78, 5) is 29.9. The van der Waals surface area contributed by atoms with Gasteiger partial charge in [0, 0.05) is 43.3 Å². The highest BCUT2D eigenvalue weighted by molar-refractivity contribution is 7.89. The highest BCUT2D eigenvalue weighted by atomic mass is 35.5. The van der Waals surface area contributed by atoms with E-state index in [2.05, 4.69) is 10.2 Å². The molecule has 0 bridgehead atoms. The molecule has 0 aromatic heterocycles. The van der Waals surface area contributed by atoms with E-state index in [9.17, 15) is 18.0 Å². The number of halogens is 1. The van der Waals surface area contributed by atoms with E-state index >= 15 is 0 Å². The zero-order valence-corrected chi connectivity index (χ0v) is 22.3. The lowest BCUT2D eigenvalue weighted by atomic mass is 10.1. The van der Waals surface area contributed by atoms with Crippen molar-refractivity contribution in [2.24, 2.45) is 0 Å². The van der Waals surface area contributed by atoms with Gasteiger partial charge in [-0.05, 0) is 81.2 Å². The minimum Gasteiger partial charge on any atom is -0.355 e. The average molecular weight is 533 g/mol.